The van der Waals surface area contributed by atoms with Gasteiger partial charge in [0.2, 0.25) is 0 Å². The summed E-state index contributed by atoms with van der Waals surface area (Å²) in [6.45, 7) is 4.22. The molecule has 0 aromatic heterocycles. The van der Waals surface area contributed by atoms with E-state index in [1.54, 1.807) is 13.1 Å². The Morgan fingerprint density at radius 1 is 1.33 bits per heavy atom. The smallest absolute Gasteiger partial charge is 0.340 e. The van der Waals surface area contributed by atoms with Crippen molar-refractivity contribution in [3.05, 3.63) is 66.5 Å². The number of rotatable bonds is 5. The fourth-order valence-corrected chi connectivity index (χ4v) is 1.98. The fourth-order valence-electron chi connectivity index (χ4n) is 1.98. The van der Waals surface area contributed by atoms with Gasteiger partial charge >= 0.3 is 5.97 Å². The molecule has 1 heterocycles. The van der Waals surface area contributed by atoms with Crippen LogP contribution in [0.25, 0.3) is 5.57 Å². The lowest BCUT2D eigenvalue weighted by Crippen LogP contribution is -2.37. The Hall–Kier alpha value is -2.49. The second-order valence-electron chi connectivity index (χ2n) is 4.65. The summed E-state index contributed by atoms with van der Waals surface area (Å²) in [6.07, 6.45) is 9.61. The third-order valence-electron chi connectivity index (χ3n) is 3.12. The van der Waals surface area contributed by atoms with Crippen LogP contribution < -0.4 is 5.43 Å². The molecule has 0 spiro atoms. The van der Waals surface area contributed by atoms with E-state index in [-0.39, 0.29) is 12.0 Å². The van der Waals surface area contributed by atoms with Crippen molar-refractivity contribution in [1.29, 1.82) is 0 Å². The van der Waals surface area contributed by atoms with Gasteiger partial charge in [-0.15, -0.1) is 0 Å². The number of hydrazine groups is 1. The van der Waals surface area contributed by atoms with Gasteiger partial charge in [-0.3, -0.25) is 5.01 Å². The maximum absolute atomic E-state index is 12.1. The maximum Gasteiger partial charge on any atom is 0.340 e. The number of carbonyl (C=O) groups excluding carboxylic acids is 1. The van der Waals surface area contributed by atoms with Crippen LogP contribution in [0.15, 0.2) is 61.0 Å². The van der Waals surface area contributed by atoms with E-state index in [0.717, 1.165) is 5.56 Å². The van der Waals surface area contributed by atoms with E-state index in [0.29, 0.717) is 12.2 Å². The predicted octanol–water partition coefficient (Wildman–Crippen LogP) is 2.87. The first-order valence-corrected chi connectivity index (χ1v) is 7.04. The molecule has 2 rings (SSSR count). The first-order chi connectivity index (χ1) is 10.2. The van der Waals surface area contributed by atoms with Gasteiger partial charge in [-0.05, 0) is 25.5 Å². The number of allylic oxidation sites excluding steroid dienone is 2. The van der Waals surface area contributed by atoms with E-state index in [1.807, 2.05) is 53.7 Å². The molecule has 1 N–H and O–H groups in total. The predicted molar refractivity (Wildman–Crippen MR) is 83.8 cm³/mol. The van der Waals surface area contributed by atoms with Crippen molar-refractivity contribution >= 4 is 11.5 Å². The van der Waals surface area contributed by atoms with Gasteiger partial charge < -0.3 is 10.2 Å². The van der Waals surface area contributed by atoms with Crippen LogP contribution in [-0.2, 0) is 9.53 Å². The SMILES string of the molecule is CCOC(=O)/C(=C\NN1C=CC=CC1C)c1ccccc1. The van der Waals surface area contributed by atoms with Gasteiger partial charge in [0.25, 0.3) is 0 Å². The van der Waals surface area contributed by atoms with Gasteiger partial charge in [-0.25, -0.2) is 4.79 Å². The molecule has 21 heavy (non-hydrogen) atoms. The van der Waals surface area contributed by atoms with Crippen molar-refractivity contribution in [3.63, 3.8) is 0 Å². The third-order valence-corrected chi connectivity index (χ3v) is 3.12. The van der Waals surface area contributed by atoms with Gasteiger partial charge in [-0.2, -0.15) is 0 Å². The molecule has 0 saturated heterocycles. The summed E-state index contributed by atoms with van der Waals surface area (Å²) in [5.41, 5.74) is 4.48. The summed E-state index contributed by atoms with van der Waals surface area (Å²) < 4.78 is 5.13. The van der Waals surface area contributed by atoms with Crippen molar-refractivity contribution in [1.82, 2.24) is 10.4 Å². The molecule has 1 aromatic carbocycles. The lowest BCUT2D eigenvalue weighted by atomic mass is 10.1. The lowest BCUT2D eigenvalue weighted by Gasteiger charge is -2.27. The molecule has 4 heteroatoms. The minimum Gasteiger partial charge on any atom is -0.462 e. The number of ether oxygens (including phenoxy) is 1. The first-order valence-electron chi connectivity index (χ1n) is 7.04. The fraction of sp³-hybridized carbons (Fsp3) is 0.235. The van der Waals surface area contributed by atoms with Crippen LogP contribution in [0.5, 0.6) is 0 Å². The summed E-state index contributed by atoms with van der Waals surface area (Å²) in [5.74, 6) is -0.333. The molecular weight excluding hydrogens is 264 g/mol. The van der Waals surface area contributed by atoms with E-state index in [1.165, 1.54) is 0 Å². The summed E-state index contributed by atoms with van der Waals surface area (Å²) >= 11 is 0. The van der Waals surface area contributed by atoms with Crippen molar-refractivity contribution in [2.75, 3.05) is 6.61 Å². The van der Waals surface area contributed by atoms with Gasteiger partial charge in [0, 0.05) is 12.4 Å². The maximum atomic E-state index is 12.1. The van der Waals surface area contributed by atoms with Gasteiger partial charge in [0.1, 0.15) is 0 Å². The lowest BCUT2D eigenvalue weighted by molar-refractivity contribution is -0.136. The number of nitrogens with one attached hydrogen (secondary N) is 1. The molecule has 0 aliphatic carbocycles. The summed E-state index contributed by atoms with van der Waals surface area (Å²) in [6, 6.07) is 9.70. The molecule has 1 aliphatic rings. The molecule has 0 saturated carbocycles. The van der Waals surface area contributed by atoms with Crippen LogP contribution in [0.3, 0.4) is 0 Å². The Morgan fingerprint density at radius 3 is 2.76 bits per heavy atom. The van der Waals surface area contributed by atoms with E-state index >= 15 is 0 Å². The molecular formula is C17H20N2O2. The molecule has 0 amide bonds. The standard InChI is InChI=1S/C17H20N2O2/c1-3-21-17(20)16(15-10-5-4-6-11-15)13-18-19-12-8-7-9-14(19)2/h4-14,18H,3H2,1-2H3/b16-13-. The van der Waals surface area contributed by atoms with E-state index in [4.69, 9.17) is 4.74 Å². The van der Waals surface area contributed by atoms with E-state index < -0.39 is 0 Å². The molecule has 0 radical (unpaired) electrons. The second kappa shape index (κ2) is 7.33. The average Bonchev–Trinajstić information content (AvgIpc) is 2.50. The van der Waals surface area contributed by atoms with E-state index in [9.17, 15) is 4.79 Å². The topological polar surface area (TPSA) is 41.6 Å². The van der Waals surface area contributed by atoms with Crippen molar-refractivity contribution in [2.45, 2.75) is 19.9 Å². The monoisotopic (exact) mass is 284 g/mol. The molecule has 1 atom stereocenters. The Kier molecular flexibility index (Phi) is 5.21. The Bertz CT molecular complexity index is 561. The normalized spacial score (nSPS) is 17.7. The van der Waals surface area contributed by atoms with Crippen LogP contribution in [-0.4, -0.2) is 23.6 Å². The van der Waals surface area contributed by atoms with Crippen LogP contribution in [0.1, 0.15) is 19.4 Å². The average molecular weight is 284 g/mol. The number of nitrogens with zero attached hydrogens (tertiary/aromatic N) is 1. The zero-order valence-electron chi connectivity index (χ0n) is 12.3. The van der Waals surface area contributed by atoms with E-state index in [2.05, 4.69) is 18.4 Å². The molecule has 110 valence electrons. The first kappa shape index (κ1) is 14.9. The number of hydrogen-bond acceptors (Lipinski definition) is 4. The third kappa shape index (κ3) is 3.99. The van der Waals surface area contributed by atoms with Crippen molar-refractivity contribution in [3.8, 4) is 0 Å². The van der Waals surface area contributed by atoms with Crippen LogP contribution in [0.4, 0.5) is 0 Å². The van der Waals surface area contributed by atoms with Crippen LogP contribution >= 0.6 is 0 Å². The minimum atomic E-state index is -0.333. The van der Waals surface area contributed by atoms with Crippen molar-refractivity contribution < 1.29 is 9.53 Å². The molecule has 0 bridgehead atoms. The minimum absolute atomic E-state index is 0.213. The zero-order chi connectivity index (χ0) is 15.1. The highest BCUT2D eigenvalue weighted by molar-refractivity contribution is 6.16. The van der Waals surface area contributed by atoms with Gasteiger partial charge in [-0.1, -0.05) is 42.5 Å². The Morgan fingerprint density at radius 2 is 2.10 bits per heavy atom. The highest BCUT2D eigenvalue weighted by Gasteiger charge is 2.14. The number of carbonyl (C=O) groups is 1. The summed E-state index contributed by atoms with van der Waals surface area (Å²) in [7, 11) is 0. The summed E-state index contributed by atoms with van der Waals surface area (Å²) in [4.78, 5) is 12.1. The van der Waals surface area contributed by atoms with Gasteiger partial charge in [0.05, 0.1) is 18.2 Å². The molecule has 0 fully saturated rings. The Labute approximate surface area is 125 Å². The number of esters is 1. The molecule has 1 unspecified atom stereocenters. The molecule has 4 nitrogen and oxygen atoms in total. The molecule has 1 aromatic rings. The van der Waals surface area contributed by atoms with Gasteiger partial charge in [0.15, 0.2) is 0 Å². The molecule has 1 aliphatic heterocycles. The zero-order valence-corrected chi connectivity index (χ0v) is 12.3. The van der Waals surface area contributed by atoms with Crippen LogP contribution in [0.2, 0.25) is 0 Å². The largest absolute Gasteiger partial charge is 0.462 e. The van der Waals surface area contributed by atoms with Crippen LogP contribution in [0, 0.1) is 0 Å². The van der Waals surface area contributed by atoms with Crippen molar-refractivity contribution in [2.24, 2.45) is 0 Å². The highest BCUT2D eigenvalue weighted by Crippen LogP contribution is 2.15. The quantitative estimate of drug-likeness (QED) is 0.667. The number of benzene rings is 1. The summed E-state index contributed by atoms with van der Waals surface area (Å²) in [5, 5.41) is 1.92. The number of hydrogen-bond donors (Lipinski definition) is 1. The highest BCUT2D eigenvalue weighted by atomic mass is 16.5. The second-order valence-corrected chi connectivity index (χ2v) is 4.65. The Balaban J connectivity index is 2.19.